The summed E-state index contributed by atoms with van der Waals surface area (Å²) in [7, 11) is 0. The second-order valence-corrected chi connectivity index (χ2v) is 5.64. The first kappa shape index (κ1) is 14.3. The molecule has 0 heterocycles. The Balaban J connectivity index is 1.99. The van der Waals surface area contributed by atoms with Gasteiger partial charge in [-0.2, -0.15) is 0 Å². The molecule has 1 aliphatic carbocycles. The molecule has 4 heteroatoms. The number of aliphatic hydroxyl groups is 1. The van der Waals surface area contributed by atoms with Crippen LogP contribution in [0.15, 0.2) is 34.8 Å². The minimum atomic E-state index is -0.0123. The molecule has 0 saturated heterocycles. The van der Waals surface area contributed by atoms with Crippen molar-refractivity contribution in [3.05, 3.63) is 40.4 Å². The zero-order chi connectivity index (χ0) is 13.7. The predicted octanol–water partition coefficient (Wildman–Crippen LogP) is 2.84. The van der Waals surface area contributed by atoms with Crippen LogP contribution in [-0.2, 0) is 4.79 Å². The fraction of sp³-hybridized carbons (Fsp3) is 0.400. The van der Waals surface area contributed by atoms with Gasteiger partial charge >= 0.3 is 0 Å². The van der Waals surface area contributed by atoms with Gasteiger partial charge in [-0.15, -0.1) is 0 Å². The Kier molecular flexibility index (Phi) is 5.16. The van der Waals surface area contributed by atoms with E-state index in [0.29, 0.717) is 12.6 Å². The van der Waals surface area contributed by atoms with Crippen LogP contribution < -0.4 is 0 Å². The number of carbonyl (C=O) groups is 1. The summed E-state index contributed by atoms with van der Waals surface area (Å²) < 4.78 is 1.02. The van der Waals surface area contributed by atoms with Gasteiger partial charge in [-0.3, -0.25) is 4.79 Å². The van der Waals surface area contributed by atoms with Gasteiger partial charge in [0.05, 0.1) is 6.61 Å². The van der Waals surface area contributed by atoms with Gasteiger partial charge in [0.1, 0.15) is 0 Å². The van der Waals surface area contributed by atoms with Crippen molar-refractivity contribution in [1.29, 1.82) is 0 Å². The van der Waals surface area contributed by atoms with Crippen LogP contribution >= 0.6 is 15.9 Å². The van der Waals surface area contributed by atoms with Gasteiger partial charge < -0.3 is 10.0 Å². The number of nitrogens with zero attached hydrogens (tertiary/aromatic N) is 1. The molecule has 0 aromatic heterocycles. The molecular weight excluding hydrogens is 306 g/mol. The van der Waals surface area contributed by atoms with E-state index in [-0.39, 0.29) is 12.5 Å². The lowest BCUT2D eigenvalue weighted by Gasteiger charge is -2.36. The Morgan fingerprint density at radius 3 is 2.58 bits per heavy atom. The lowest BCUT2D eigenvalue weighted by atomic mass is 9.91. The maximum absolute atomic E-state index is 12.1. The lowest BCUT2D eigenvalue weighted by Crippen LogP contribution is -2.44. The molecule has 0 aliphatic heterocycles. The maximum atomic E-state index is 12.1. The van der Waals surface area contributed by atoms with Crippen molar-refractivity contribution in [3.8, 4) is 0 Å². The van der Waals surface area contributed by atoms with Crippen LogP contribution in [0.4, 0.5) is 0 Å². The molecule has 0 unspecified atom stereocenters. The van der Waals surface area contributed by atoms with Gasteiger partial charge in [0.2, 0.25) is 5.91 Å². The summed E-state index contributed by atoms with van der Waals surface area (Å²) in [5.74, 6) is -0.0123. The van der Waals surface area contributed by atoms with E-state index in [1.54, 1.807) is 11.0 Å². The summed E-state index contributed by atoms with van der Waals surface area (Å²) in [6.45, 7) is 0.447. The van der Waals surface area contributed by atoms with Crippen LogP contribution in [0.3, 0.4) is 0 Å². The summed E-state index contributed by atoms with van der Waals surface area (Å²) in [6, 6.07) is 8.11. The van der Waals surface area contributed by atoms with Crippen molar-refractivity contribution in [2.45, 2.75) is 25.3 Å². The van der Waals surface area contributed by atoms with E-state index in [9.17, 15) is 4.79 Å². The smallest absolute Gasteiger partial charge is 0.246 e. The van der Waals surface area contributed by atoms with Crippen LogP contribution in [-0.4, -0.2) is 35.1 Å². The van der Waals surface area contributed by atoms with Crippen molar-refractivity contribution in [1.82, 2.24) is 4.90 Å². The Bertz CT molecular complexity index is 452. The van der Waals surface area contributed by atoms with Crippen LogP contribution in [0, 0.1) is 0 Å². The number of hydrogen-bond acceptors (Lipinski definition) is 2. The van der Waals surface area contributed by atoms with E-state index in [1.807, 2.05) is 30.3 Å². The highest BCUT2D eigenvalue weighted by atomic mass is 79.9. The Hall–Kier alpha value is -1.13. The molecule has 19 heavy (non-hydrogen) atoms. The molecule has 1 aromatic carbocycles. The van der Waals surface area contributed by atoms with E-state index < -0.39 is 0 Å². The first-order valence-corrected chi connectivity index (χ1v) is 7.35. The third-order valence-corrected chi connectivity index (χ3v) is 3.96. The Morgan fingerprint density at radius 2 is 2.05 bits per heavy atom. The number of benzene rings is 1. The number of rotatable bonds is 5. The Morgan fingerprint density at radius 1 is 1.37 bits per heavy atom. The monoisotopic (exact) mass is 323 g/mol. The van der Waals surface area contributed by atoms with Crippen molar-refractivity contribution in [2.75, 3.05) is 13.2 Å². The molecule has 1 aromatic rings. The van der Waals surface area contributed by atoms with E-state index in [1.165, 1.54) is 6.42 Å². The van der Waals surface area contributed by atoms with Crippen LogP contribution in [0.5, 0.6) is 0 Å². The van der Waals surface area contributed by atoms with Crippen LogP contribution in [0.2, 0.25) is 0 Å². The standard InChI is InChI=1S/C15H18BrNO2/c16-13-7-4-12(5-8-13)6-9-15(19)17(10-11-18)14-2-1-3-14/h4-9,14,18H,1-3,10-11H2/b9-6+. The first-order chi connectivity index (χ1) is 9.20. The topological polar surface area (TPSA) is 40.5 Å². The van der Waals surface area contributed by atoms with E-state index >= 15 is 0 Å². The number of halogens is 1. The molecule has 2 rings (SSSR count). The normalized spacial score (nSPS) is 15.5. The Labute approximate surface area is 122 Å². The van der Waals surface area contributed by atoms with Crippen LogP contribution in [0.25, 0.3) is 6.08 Å². The molecule has 1 N–H and O–H groups in total. The minimum absolute atomic E-state index is 0.0123. The first-order valence-electron chi connectivity index (χ1n) is 6.56. The average Bonchev–Trinajstić information content (AvgIpc) is 2.35. The second-order valence-electron chi connectivity index (χ2n) is 4.72. The van der Waals surface area contributed by atoms with Crippen molar-refractivity contribution >= 4 is 27.9 Å². The minimum Gasteiger partial charge on any atom is -0.395 e. The quantitative estimate of drug-likeness (QED) is 0.846. The lowest BCUT2D eigenvalue weighted by molar-refractivity contribution is -0.130. The number of aliphatic hydroxyl groups excluding tert-OH is 1. The summed E-state index contributed by atoms with van der Waals surface area (Å²) in [6.07, 6.45) is 6.70. The third kappa shape index (κ3) is 3.91. The third-order valence-electron chi connectivity index (χ3n) is 3.43. The van der Waals surface area contributed by atoms with Gasteiger partial charge in [-0.1, -0.05) is 28.1 Å². The van der Waals surface area contributed by atoms with Crippen LogP contribution in [0.1, 0.15) is 24.8 Å². The van der Waals surface area contributed by atoms with Gasteiger partial charge in [-0.05, 0) is 43.0 Å². The molecule has 0 radical (unpaired) electrons. The number of amides is 1. The summed E-state index contributed by atoms with van der Waals surface area (Å²) in [5, 5.41) is 9.05. The molecule has 1 amide bonds. The molecule has 0 atom stereocenters. The highest BCUT2D eigenvalue weighted by Gasteiger charge is 2.26. The largest absolute Gasteiger partial charge is 0.395 e. The van der Waals surface area contributed by atoms with Gasteiger partial charge in [-0.25, -0.2) is 0 Å². The van der Waals surface area contributed by atoms with E-state index in [0.717, 1.165) is 22.9 Å². The maximum Gasteiger partial charge on any atom is 0.246 e. The predicted molar refractivity (Wildman–Crippen MR) is 79.6 cm³/mol. The molecule has 1 aliphatic rings. The van der Waals surface area contributed by atoms with Crippen molar-refractivity contribution in [3.63, 3.8) is 0 Å². The molecule has 1 fully saturated rings. The van der Waals surface area contributed by atoms with E-state index in [2.05, 4.69) is 15.9 Å². The number of carbonyl (C=O) groups excluding carboxylic acids is 1. The summed E-state index contributed by atoms with van der Waals surface area (Å²) in [4.78, 5) is 13.9. The zero-order valence-corrected chi connectivity index (χ0v) is 12.3. The van der Waals surface area contributed by atoms with Gasteiger partial charge in [0, 0.05) is 23.1 Å². The summed E-state index contributed by atoms with van der Waals surface area (Å²) >= 11 is 3.38. The zero-order valence-electron chi connectivity index (χ0n) is 10.8. The van der Waals surface area contributed by atoms with E-state index in [4.69, 9.17) is 5.11 Å². The molecular formula is C15H18BrNO2. The van der Waals surface area contributed by atoms with Gasteiger partial charge in [0.15, 0.2) is 0 Å². The fourth-order valence-corrected chi connectivity index (χ4v) is 2.38. The average molecular weight is 324 g/mol. The summed E-state index contributed by atoms with van der Waals surface area (Å²) in [5.41, 5.74) is 0.995. The van der Waals surface area contributed by atoms with Crippen molar-refractivity contribution < 1.29 is 9.90 Å². The number of hydrogen-bond donors (Lipinski definition) is 1. The molecule has 0 bridgehead atoms. The molecule has 0 spiro atoms. The second kappa shape index (κ2) is 6.87. The molecule has 1 saturated carbocycles. The SMILES string of the molecule is O=C(/C=C/c1ccc(Br)cc1)N(CCO)C1CCC1. The van der Waals surface area contributed by atoms with Gasteiger partial charge in [0.25, 0.3) is 0 Å². The fourth-order valence-electron chi connectivity index (χ4n) is 2.12. The molecule has 102 valence electrons. The highest BCUT2D eigenvalue weighted by Crippen LogP contribution is 2.24. The molecule has 3 nitrogen and oxygen atoms in total. The van der Waals surface area contributed by atoms with Crippen molar-refractivity contribution in [2.24, 2.45) is 0 Å². The highest BCUT2D eigenvalue weighted by molar-refractivity contribution is 9.10.